The number of rotatable bonds is 11. The first-order valence-electron chi connectivity index (χ1n) is 10.7. The van der Waals surface area contributed by atoms with Gasteiger partial charge in [-0.15, -0.1) is 10.2 Å². The number of ketones is 1. The van der Waals surface area contributed by atoms with Gasteiger partial charge in [0, 0.05) is 11.1 Å². The molecule has 1 heterocycles. The Morgan fingerprint density at radius 2 is 1.80 bits per heavy atom. The molecule has 9 nitrogen and oxygen atoms in total. The fraction of sp³-hybridized carbons (Fsp3) is 0.120. The highest BCUT2D eigenvalue weighted by Gasteiger charge is 2.13. The molecule has 0 unspecified atom stereocenters. The molecule has 0 aliphatic heterocycles. The summed E-state index contributed by atoms with van der Waals surface area (Å²) in [5.74, 6) is 7.81. The minimum atomic E-state index is -0.0553. The number of hydrazone groups is 1. The number of hydrogen-bond donors (Lipinski definition) is 2. The number of hydrogen-bond acceptors (Lipinski definition) is 9. The molecule has 178 valence electrons. The normalized spacial score (nSPS) is 10.9. The van der Waals surface area contributed by atoms with E-state index in [0.717, 1.165) is 11.1 Å². The lowest BCUT2D eigenvalue weighted by atomic mass is 10.1. The highest BCUT2D eigenvalue weighted by Crippen LogP contribution is 2.20. The third-order valence-electron chi connectivity index (χ3n) is 4.93. The highest BCUT2D eigenvalue weighted by atomic mass is 32.2. The number of anilines is 1. The van der Waals surface area contributed by atoms with Crippen LogP contribution in [-0.2, 0) is 6.61 Å². The minimum Gasteiger partial charge on any atom is -0.497 e. The van der Waals surface area contributed by atoms with E-state index in [1.165, 1.54) is 16.4 Å². The molecule has 4 aromatic rings. The molecule has 0 atom stereocenters. The number of Topliss-reactive ketones (excluding diaryl/α,β-unsaturated/α-hetero) is 1. The number of nitrogens with two attached hydrogens (primary N) is 1. The average molecular weight is 489 g/mol. The van der Waals surface area contributed by atoms with Gasteiger partial charge in [0.1, 0.15) is 18.1 Å². The van der Waals surface area contributed by atoms with Crippen molar-refractivity contribution in [3.05, 3.63) is 95.6 Å². The van der Waals surface area contributed by atoms with E-state index in [1.807, 2.05) is 54.6 Å². The summed E-state index contributed by atoms with van der Waals surface area (Å²) in [6.45, 7) is 0.450. The Hall–Kier alpha value is -4.31. The number of carbonyl (C=O) groups excluding carboxylic acids is 1. The fourth-order valence-electron chi connectivity index (χ4n) is 3.06. The van der Waals surface area contributed by atoms with Gasteiger partial charge in [-0.25, -0.2) is 10.1 Å². The number of aromatic nitrogens is 3. The Bertz CT molecular complexity index is 1290. The smallest absolute Gasteiger partial charge is 0.264 e. The Kier molecular flexibility index (Phi) is 7.97. The Morgan fingerprint density at radius 3 is 2.57 bits per heavy atom. The molecule has 0 aliphatic rings. The summed E-state index contributed by atoms with van der Waals surface area (Å²) in [5, 5.41) is 12.6. The second-order valence-corrected chi connectivity index (χ2v) is 8.24. The number of nitrogens with one attached hydrogen (secondary N) is 1. The van der Waals surface area contributed by atoms with Crippen molar-refractivity contribution in [1.29, 1.82) is 0 Å². The van der Waals surface area contributed by atoms with E-state index >= 15 is 0 Å². The third-order valence-corrected chi connectivity index (χ3v) is 5.88. The monoisotopic (exact) mass is 488 g/mol. The third kappa shape index (κ3) is 6.39. The zero-order chi connectivity index (χ0) is 24.5. The lowest BCUT2D eigenvalue weighted by Gasteiger charge is -2.09. The minimum absolute atomic E-state index is 0.0553. The number of para-hydroxylation sites is 1. The van der Waals surface area contributed by atoms with Gasteiger partial charge in [0.05, 0.1) is 19.1 Å². The molecule has 0 spiro atoms. The van der Waals surface area contributed by atoms with Crippen LogP contribution in [0, 0.1) is 0 Å². The second kappa shape index (κ2) is 11.7. The molecule has 0 radical (unpaired) electrons. The average Bonchev–Trinajstić information content (AvgIpc) is 3.26. The first-order chi connectivity index (χ1) is 17.1. The van der Waals surface area contributed by atoms with Crippen LogP contribution >= 0.6 is 11.8 Å². The van der Waals surface area contributed by atoms with Crippen molar-refractivity contribution >= 4 is 29.7 Å². The summed E-state index contributed by atoms with van der Waals surface area (Å²) >= 11 is 1.19. The highest BCUT2D eigenvalue weighted by molar-refractivity contribution is 7.99. The summed E-state index contributed by atoms with van der Waals surface area (Å²) in [5.41, 5.74) is 5.23. The van der Waals surface area contributed by atoms with E-state index in [1.54, 1.807) is 37.6 Å². The van der Waals surface area contributed by atoms with Crippen LogP contribution in [0.25, 0.3) is 0 Å². The molecule has 1 aromatic heterocycles. The van der Waals surface area contributed by atoms with Crippen molar-refractivity contribution in [2.24, 2.45) is 5.10 Å². The molecular formula is C25H24N6O3S. The van der Waals surface area contributed by atoms with E-state index < -0.39 is 0 Å². The molecule has 3 N–H and O–H groups in total. The summed E-state index contributed by atoms with van der Waals surface area (Å²) in [6.07, 6.45) is 1.62. The zero-order valence-electron chi connectivity index (χ0n) is 19.0. The summed E-state index contributed by atoms with van der Waals surface area (Å²) in [4.78, 5) is 12.4. The first-order valence-corrected chi connectivity index (χ1v) is 11.7. The van der Waals surface area contributed by atoms with Gasteiger partial charge in [0.2, 0.25) is 5.16 Å². The molecule has 35 heavy (non-hydrogen) atoms. The SMILES string of the molecule is COc1ccc(C(=O)CSc2nnc(N/N=C/c3ccccc3OCc3ccccc3)n2N)cc1. The maximum absolute atomic E-state index is 12.4. The maximum atomic E-state index is 12.4. The molecule has 3 aromatic carbocycles. The summed E-state index contributed by atoms with van der Waals surface area (Å²) < 4.78 is 12.3. The van der Waals surface area contributed by atoms with Gasteiger partial charge in [0.15, 0.2) is 5.78 Å². The van der Waals surface area contributed by atoms with Crippen LogP contribution in [-0.4, -0.2) is 39.7 Å². The van der Waals surface area contributed by atoms with Crippen molar-refractivity contribution < 1.29 is 14.3 Å². The van der Waals surface area contributed by atoms with E-state index in [2.05, 4.69) is 20.7 Å². The second-order valence-electron chi connectivity index (χ2n) is 7.30. The molecule has 0 fully saturated rings. The van der Waals surface area contributed by atoms with E-state index in [9.17, 15) is 4.79 Å². The van der Waals surface area contributed by atoms with Crippen LogP contribution < -0.4 is 20.7 Å². The summed E-state index contributed by atoms with van der Waals surface area (Å²) in [7, 11) is 1.58. The lowest BCUT2D eigenvalue weighted by molar-refractivity contribution is 0.102. The van der Waals surface area contributed by atoms with Crippen molar-refractivity contribution in [3.8, 4) is 11.5 Å². The molecule has 10 heteroatoms. The molecule has 0 aliphatic carbocycles. The molecular weight excluding hydrogens is 464 g/mol. The Morgan fingerprint density at radius 1 is 1.06 bits per heavy atom. The largest absolute Gasteiger partial charge is 0.497 e. The van der Waals surface area contributed by atoms with Crippen molar-refractivity contribution in [3.63, 3.8) is 0 Å². The molecule has 4 rings (SSSR count). The van der Waals surface area contributed by atoms with Crippen molar-refractivity contribution in [1.82, 2.24) is 14.9 Å². The lowest BCUT2D eigenvalue weighted by Crippen LogP contribution is -2.14. The van der Waals surface area contributed by atoms with Gasteiger partial charge in [-0.05, 0) is 42.0 Å². The van der Waals surface area contributed by atoms with Gasteiger partial charge in [-0.3, -0.25) is 4.79 Å². The predicted octanol–water partition coefficient (Wildman–Crippen LogP) is 4.00. The number of methoxy groups -OCH3 is 1. The van der Waals surface area contributed by atoms with Crippen LogP contribution in [0.3, 0.4) is 0 Å². The van der Waals surface area contributed by atoms with Crippen molar-refractivity contribution in [2.75, 3.05) is 24.1 Å². The molecule has 0 amide bonds. The van der Waals surface area contributed by atoms with Gasteiger partial charge in [-0.1, -0.05) is 54.2 Å². The first kappa shape index (κ1) is 23.8. The van der Waals surface area contributed by atoms with E-state index in [0.29, 0.717) is 28.8 Å². The number of nitrogens with zero attached hydrogens (tertiary/aromatic N) is 4. The number of benzene rings is 3. The van der Waals surface area contributed by atoms with Crippen LogP contribution in [0.1, 0.15) is 21.5 Å². The topological polar surface area (TPSA) is 117 Å². The van der Waals surface area contributed by atoms with Gasteiger partial charge < -0.3 is 15.3 Å². The van der Waals surface area contributed by atoms with Gasteiger partial charge >= 0.3 is 0 Å². The number of ether oxygens (including phenoxy) is 2. The molecule has 0 saturated carbocycles. The zero-order valence-corrected chi connectivity index (χ0v) is 19.8. The molecule has 0 bridgehead atoms. The van der Waals surface area contributed by atoms with E-state index in [-0.39, 0.29) is 17.5 Å². The number of nitrogen functional groups attached to an aromatic ring is 1. The predicted molar refractivity (Wildman–Crippen MR) is 137 cm³/mol. The fourth-order valence-corrected chi connectivity index (χ4v) is 3.81. The Labute approximate surface area is 206 Å². The van der Waals surface area contributed by atoms with Crippen LogP contribution in [0.4, 0.5) is 5.95 Å². The Balaban J connectivity index is 1.33. The van der Waals surface area contributed by atoms with E-state index in [4.69, 9.17) is 15.3 Å². The standard InChI is InChI=1S/C25H24N6O3S/c1-33-21-13-11-19(12-14-21)22(32)17-35-25-30-29-24(31(25)26)28-27-15-20-9-5-6-10-23(20)34-16-18-7-3-2-4-8-18/h2-15H,16-17,26H2,1H3,(H,28,29)/b27-15+. The van der Waals surface area contributed by atoms with Gasteiger partial charge in [-0.2, -0.15) is 5.10 Å². The van der Waals surface area contributed by atoms with Crippen LogP contribution in [0.2, 0.25) is 0 Å². The van der Waals surface area contributed by atoms with Gasteiger partial charge in [0.25, 0.3) is 5.95 Å². The quantitative estimate of drug-likeness (QED) is 0.107. The molecule has 0 saturated heterocycles. The summed E-state index contributed by atoms with van der Waals surface area (Å²) in [6, 6.07) is 24.4. The number of thioether (sulfide) groups is 1. The van der Waals surface area contributed by atoms with Crippen molar-refractivity contribution in [2.45, 2.75) is 11.8 Å². The van der Waals surface area contributed by atoms with Crippen LogP contribution in [0.5, 0.6) is 11.5 Å². The number of carbonyl (C=O) groups is 1. The maximum Gasteiger partial charge on any atom is 0.264 e. The van der Waals surface area contributed by atoms with Crippen LogP contribution in [0.15, 0.2) is 89.1 Å².